The van der Waals surface area contributed by atoms with Gasteiger partial charge in [-0.25, -0.2) is 4.79 Å². The van der Waals surface area contributed by atoms with E-state index in [1.54, 1.807) is 52.0 Å². The molecule has 0 radical (unpaired) electrons. The molecule has 1 heterocycles. The largest absolute Gasteiger partial charge is 0.495 e. The first-order valence-corrected chi connectivity index (χ1v) is 8.63. The SMILES string of the molecule is COc1ccc(NC(=O)c2oc(Br)cc2C)cc1NC(=O)OC(C)(C)C. The van der Waals surface area contributed by atoms with Gasteiger partial charge in [0, 0.05) is 11.3 Å². The van der Waals surface area contributed by atoms with Gasteiger partial charge in [0.15, 0.2) is 10.4 Å². The van der Waals surface area contributed by atoms with Crippen LogP contribution in [0, 0.1) is 6.92 Å². The highest BCUT2D eigenvalue weighted by Gasteiger charge is 2.19. The second-order valence-electron chi connectivity index (χ2n) is 6.56. The molecule has 0 saturated carbocycles. The molecular formula is C18H21BrN2O5. The van der Waals surface area contributed by atoms with E-state index in [9.17, 15) is 9.59 Å². The summed E-state index contributed by atoms with van der Waals surface area (Å²) in [7, 11) is 1.48. The maximum absolute atomic E-state index is 12.4. The minimum atomic E-state index is -0.632. The van der Waals surface area contributed by atoms with Crippen molar-refractivity contribution in [1.82, 2.24) is 0 Å². The monoisotopic (exact) mass is 424 g/mol. The molecule has 2 amide bonds. The molecule has 26 heavy (non-hydrogen) atoms. The van der Waals surface area contributed by atoms with Gasteiger partial charge < -0.3 is 19.2 Å². The van der Waals surface area contributed by atoms with Crippen molar-refractivity contribution in [3.8, 4) is 5.75 Å². The molecule has 0 aliphatic rings. The minimum Gasteiger partial charge on any atom is -0.495 e. The highest BCUT2D eigenvalue weighted by atomic mass is 79.9. The van der Waals surface area contributed by atoms with Crippen molar-refractivity contribution >= 4 is 39.3 Å². The maximum atomic E-state index is 12.4. The van der Waals surface area contributed by atoms with Crippen LogP contribution in [-0.4, -0.2) is 24.7 Å². The van der Waals surface area contributed by atoms with Crippen LogP contribution >= 0.6 is 15.9 Å². The number of aryl methyl sites for hydroxylation is 1. The summed E-state index contributed by atoms with van der Waals surface area (Å²) in [6.07, 6.45) is -0.620. The molecule has 1 aromatic heterocycles. The third-order valence-electron chi connectivity index (χ3n) is 3.19. The van der Waals surface area contributed by atoms with Gasteiger partial charge in [-0.3, -0.25) is 10.1 Å². The summed E-state index contributed by atoms with van der Waals surface area (Å²) in [5.41, 5.74) is 0.911. The number of ether oxygens (including phenoxy) is 2. The van der Waals surface area contributed by atoms with Crippen LogP contribution in [0.5, 0.6) is 5.75 Å². The van der Waals surface area contributed by atoms with Gasteiger partial charge in [0.05, 0.1) is 12.8 Å². The Morgan fingerprint density at radius 2 is 1.85 bits per heavy atom. The van der Waals surface area contributed by atoms with Crippen LogP contribution < -0.4 is 15.4 Å². The lowest BCUT2D eigenvalue weighted by Crippen LogP contribution is -2.27. The molecule has 0 saturated heterocycles. The van der Waals surface area contributed by atoms with Crippen LogP contribution in [0.4, 0.5) is 16.2 Å². The number of carbonyl (C=O) groups is 2. The zero-order valence-electron chi connectivity index (χ0n) is 15.2. The van der Waals surface area contributed by atoms with Crippen molar-refractivity contribution in [2.24, 2.45) is 0 Å². The Kier molecular flexibility index (Phi) is 5.97. The molecule has 140 valence electrons. The lowest BCUT2D eigenvalue weighted by atomic mass is 10.2. The molecule has 2 rings (SSSR count). The van der Waals surface area contributed by atoms with Crippen LogP contribution in [0.3, 0.4) is 0 Å². The minimum absolute atomic E-state index is 0.203. The summed E-state index contributed by atoms with van der Waals surface area (Å²) < 4.78 is 16.3. The molecule has 7 nitrogen and oxygen atoms in total. The van der Waals surface area contributed by atoms with Gasteiger partial charge in [-0.1, -0.05) is 0 Å². The number of hydrogen-bond acceptors (Lipinski definition) is 5. The van der Waals surface area contributed by atoms with Crippen molar-refractivity contribution < 1.29 is 23.5 Å². The summed E-state index contributed by atoms with van der Waals surface area (Å²) in [5.74, 6) is 0.238. The van der Waals surface area contributed by atoms with Crippen molar-refractivity contribution in [3.63, 3.8) is 0 Å². The summed E-state index contributed by atoms with van der Waals surface area (Å²) >= 11 is 3.19. The average molecular weight is 425 g/mol. The lowest BCUT2D eigenvalue weighted by molar-refractivity contribution is 0.0635. The number of furan rings is 1. The predicted molar refractivity (Wildman–Crippen MR) is 102 cm³/mol. The third kappa shape index (κ3) is 5.26. The predicted octanol–water partition coefficient (Wildman–Crippen LogP) is 4.96. The Hall–Kier alpha value is -2.48. The van der Waals surface area contributed by atoms with E-state index >= 15 is 0 Å². The van der Waals surface area contributed by atoms with Gasteiger partial charge >= 0.3 is 6.09 Å². The van der Waals surface area contributed by atoms with E-state index in [0.29, 0.717) is 27.4 Å². The lowest BCUT2D eigenvalue weighted by Gasteiger charge is -2.20. The molecule has 0 aliphatic heterocycles. The molecule has 0 unspecified atom stereocenters. The zero-order chi connectivity index (χ0) is 19.5. The fourth-order valence-corrected chi connectivity index (χ4v) is 2.66. The van der Waals surface area contributed by atoms with E-state index in [1.807, 2.05) is 0 Å². The Morgan fingerprint density at radius 3 is 2.38 bits per heavy atom. The van der Waals surface area contributed by atoms with Gasteiger partial charge in [0.1, 0.15) is 11.4 Å². The number of methoxy groups -OCH3 is 1. The second-order valence-corrected chi connectivity index (χ2v) is 7.34. The topological polar surface area (TPSA) is 89.8 Å². The first-order valence-electron chi connectivity index (χ1n) is 7.84. The van der Waals surface area contributed by atoms with Crippen molar-refractivity contribution in [2.45, 2.75) is 33.3 Å². The van der Waals surface area contributed by atoms with E-state index in [-0.39, 0.29) is 5.76 Å². The molecule has 2 aromatic rings. The van der Waals surface area contributed by atoms with E-state index in [1.165, 1.54) is 7.11 Å². The molecule has 2 N–H and O–H groups in total. The number of nitrogens with one attached hydrogen (secondary N) is 2. The van der Waals surface area contributed by atoms with Gasteiger partial charge in [-0.2, -0.15) is 0 Å². The summed E-state index contributed by atoms with van der Waals surface area (Å²) in [6, 6.07) is 6.57. The Labute approximate surface area is 160 Å². The highest BCUT2D eigenvalue weighted by molar-refractivity contribution is 9.10. The van der Waals surface area contributed by atoms with E-state index < -0.39 is 17.6 Å². The molecule has 0 aliphatic carbocycles. The van der Waals surface area contributed by atoms with Crippen molar-refractivity contribution in [2.75, 3.05) is 17.7 Å². The number of anilines is 2. The highest BCUT2D eigenvalue weighted by Crippen LogP contribution is 2.29. The van der Waals surface area contributed by atoms with Gasteiger partial charge in [-0.15, -0.1) is 0 Å². The first-order chi connectivity index (χ1) is 12.1. The summed E-state index contributed by atoms with van der Waals surface area (Å²) in [6.45, 7) is 7.07. The number of rotatable bonds is 4. The molecular weight excluding hydrogens is 404 g/mol. The molecule has 0 spiro atoms. The molecule has 0 bridgehead atoms. The number of carbonyl (C=O) groups excluding carboxylic acids is 2. The van der Waals surface area contributed by atoms with E-state index in [4.69, 9.17) is 13.9 Å². The molecule has 0 fully saturated rings. The van der Waals surface area contributed by atoms with Crippen LogP contribution in [0.15, 0.2) is 33.4 Å². The standard InChI is InChI=1S/C18H21BrN2O5/c1-10-8-14(19)25-15(10)16(22)20-11-6-7-13(24-5)12(9-11)21-17(23)26-18(2,3)4/h6-9H,1-5H3,(H,20,22)(H,21,23). The molecule has 8 heteroatoms. The molecule has 0 atom stereocenters. The van der Waals surface area contributed by atoms with Crippen LogP contribution in [0.2, 0.25) is 0 Å². The Bertz CT molecular complexity index is 823. The normalized spacial score (nSPS) is 11.0. The summed E-state index contributed by atoms with van der Waals surface area (Å²) in [5, 5.41) is 5.34. The number of benzene rings is 1. The van der Waals surface area contributed by atoms with Gasteiger partial charge in [-0.05, 0) is 67.9 Å². The second kappa shape index (κ2) is 7.82. The van der Waals surface area contributed by atoms with Crippen LogP contribution in [-0.2, 0) is 4.74 Å². The first kappa shape index (κ1) is 19.8. The average Bonchev–Trinajstić information content (AvgIpc) is 2.84. The van der Waals surface area contributed by atoms with Crippen LogP contribution in [0.25, 0.3) is 0 Å². The smallest absolute Gasteiger partial charge is 0.412 e. The van der Waals surface area contributed by atoms with Gasteiger partial charge in [0.2, 0.25) is 0 Å². The fourth-order valence-electron chi connectivity index (χ4n) is 2.15. The van der Waals surface area contributed by atoms with Crippen molar-refractivity contribution in [3.05, 3.63) is 40.3 Å². The van der Waals surface area contributed by atoms with Gasteiger partial charge in [0.25, 0.3) is 5.91 Å². The maximum Gasteiger partial charge on any atom is 0.412 e. The van der Waals surface area contributed by atoms with Crippen LogP contribution in [0.1, 0.15) is 36.9 Å². The zero-order valence-corrected chi connectivity index (χ0v) is 16.8. The summed E-state index contributed by atoms with van der Waals surface area (Å²) in [4.78, 5) is 24.4. The number of halogens is 1. The third-order valence-corrected chi connectivity index (χ3v) is 3.58. The number of hydrogen-bond donors (Lipinski definition) is 2. The van der Waals surface area contributed by atoms with E-state index in [2.05, 4.69) is 26.6 Å². The molecule has 1 aromatic carbocycles. The van der Waals surface area contributed by atoms with E-state index in [0.717, 1.165) is 0 Å². The van der Waals surface area contributed by atoms with Crippen molar-refractivity contribution in [1.29, 1.82) is 0 Å². The quantitative estimate of drug-likeness (QED) is 0.723. The number of amides is 2. The fraction of sp³-hybridized carbons (Fsp3) is 0.333. The Balaban J connectivity index is 2.19. The Morgan fingerprint density at radius 1 is 1.15 bits per heavy atom.